The predicted molar refractivity (Wildman–Crippen MR) is 77.4 cm³/mol. The van der Waals surface area contributed by atoms with Crippen molar-refractivity contribution in [3.05, 3.63) is 50.5 Å². The van der Waals surface area contributed by atoms with Crippen LogP contribution in [0.25, 0.3) is 11.1 Å². The number of nitro groups is 1. The van der Waals surface area contributed by atoms with Crippen LogP contribution in [0.3, 0.4) is 0 Å². The topological polar surface area (TPSA) is 95.2 Å². The lowest BCUT2D eigenvalue weighted by molar-refractivity contribution is -0.383. The van der Waals surface area contributed by atoms with Crippen molar-refractivity contribution in [2.24, 2.45) is 0 Å². The van der Waals surface area contributed by atoms with Gasteiger partial charge in [0.15, 0.2) is 0 Å². The normalized spacial score (nSPS) is 10.4. The lowest BCUT2D eigenvalue weighted by atomic mass is 10.0. The van der Waals surface area contributed by atoms with Gasteiger partial charge in [-0.15, -0.1) is 0 Å². The van der Waals surface area contributed by atoms with Crippen molar-refractivity contribution < 1.29 is 4.92 Å². The first-order chi connectivity index (χ1) is 8.91. The number of rotatable bonds is 2. The number of halogens is 2. The minimum atomic E-state index is -0.599. The molecule has 98 valence electrons. The van der Waals surface area contributed by atoms with E-state index in [1.165, 1.54) is 6.07 Å². The van der Waals surface area contributed by atoms with E-state index in [1.807, 2.05) is 0 Å². The van der Waals surface area contributed by atoms with Crippen LogP contribution >= 0.6 is 23.2 Å². The van der Waals surface area contributed by atoms with E-state index in [1.54, 1.807) is 24.3 Å². The van der Waals surface area contributed by atoms with E-state index in [9.17, 15) is 10.1 Å². The molecule has 4 N–H and O–H groups in total. The summed E-state index contributed by atoms with van der Waals surface area (Å²) in [6.07, 6.45) is 0. The van der Waals surface area contributed by atoms with Gasteiger partial charge in [0.25, 0.3) is 5.69 Å². The standard InChI is InChI=1S/C12H9Cl2N3O2/c13-10-8(6-1-3-7(15)4-2-6)5-9(17(18)19)12(16)11(10)14/h1-5H,15-16H2. The Kier molecular flexibility index (Phi) is 3.50. The fourth-order valence-corrected chi connectivity index (χ4v) is 2.11. The molecule has 2 aromatic rings. The Morgan fingerprint density at radius 3 is 2.16 bits per heavy atom. The van der Waals surface area contributed by atoms with Crippen molar-refractivity contribution in [3.8, 4) is 11.1 Å². The van der Waals surface area contributed by atoms with Gasteiger partial charge < -0.3 is 11.5 Å². The van der Waals surface area contributed by atoms with E-state index in [4.69, 9.17) is 34.7 Å². The van der Waals surface area contributed by atoms with Gasteiger partial charge in [-0.05, 0) is 17.7 Å². The number of nitrogens with two attached hydrogens (primary N) is 2. The van der Waals surface area contributed by atoms with Crippen LogP contribution in [-0.4, -0.2) is 4.92 Å². The molecule has 0 unspecified atom stereocenters. The molecule has 7 heteroatoms. The molecular weight excluding hydrogens is 289 g/mol. The molecule has 0 heterocycles. The van der Waals surface area contributed by atoms with Crippen molar-refractivity contribution in [2.45, 2.75) is 0 Å². The first kappa shape index (κ1) is 13.5. The number of hydrogen-bond donors (Lipinski definition) is 2. The maximum absolute atomic E-state index is 10.9. The molecule has 0 saturated heterocycles. The molecule has 0 spiro atoms. The van der Waals surface area contributed by atoms with Crippen LogP contribution < -0.4 is 11.5 Å². The van der Waals surface area contributed by atoms with Crippen LogP contribution in [0.4, 0.5) is 17.1 Å². The summed E-state index contributed by atoms with van der Waals surface area (Å²) in [4.78, 5) is 10.3. The SMILES string of the molecule is Nc1ccc(-c2cc([N+](=O)[O-])c(N)c(Cl)c2Cl)cc1. The van der Waals surface area contributed by atoms with Crippen LogP contribution in [0.2, 0.25) is 10.0 Å². The second-order valence-corrected chi connectivity index (χ2v) is 4.62. The quantitative estimate of drug-likeness (QED) is 0.501. The number of benzene rings is 2. The van der Waals surface area contributed by atoms with Gasteiger partial charge in [-0.2, -0.15) is 0 Å². The highest BCUT2D eigenvalue weighted by Crippen LogP contribution is 2.42. The minimum absolute atomic E-state index is 0.0253. The fraction of sp³-hybridized carbons (Fsp3) is 0. The zero-order chi connectivity index (χ0) is 14.2. The third-order valence-electron chi connectivity index (χ3n) is 2.64. The summed E-state index contributed by atoms with van der Waals surface area (Å²) in [6.45, 7) is 0. The van der Waals surface area contributed by atoms with E-state index in [0.29, 0.717) is 16.8 Å². The summed E-state index contributed by atoms with van der Waals surface area (Å²) in [5, 5.41) is 11.1. The van der Waals surface area contributed by atoms with Crippen molar-refractivity contribution >= 4 is 40.3 Å². The summed E-state index contributed by atoms with van der Waals surface area (Å²) in [7, 11) is 0. The molecule has 5 nitrogen and oxygen atoms in total. The highest BCUT2D eigenvalue weighted by Gasteiger charge is 2.21. The Balaban J connectivity index is 2.70. The maximum Gasteiger partial charge on any atom is 0.294 e. The molecule has 0 amide bonds. The second kappa shape index (κ2) is 4.95. The molecule has 2 aromatic carbocycles. The molecule has 0 saturated carbocycles. The highest BCUT2D eigenvalue weighted by molar-refractivity contribution is 6.45. The van der Waals surface area contributed by atoms with Gasteiger partial charge in [-0.25, -0.2) is 0 Å². The Morgan fingerprint density at radius 1 is 1.05 bits per heavy atom. The van der Waals surface area contributed by atoms with Gasteiger partial charge in [0.1, 0.15) is 5.69 Å². The number of nitro benzene ring substituents is 1. The van der Waals surface area contributed by atoms with Gasteiger partial charge in [-0.1, -0.05) is 35.3 Å². The van der Waals surface area contributed by atoms with E-state index < -0.39 is 4.92 Å². The zero-order valence-corrected chi connectivity index (χ0v) is 11.1. The first-order valence-electron chi connectivity index (χ1n) is 5.19. The van der Waals surface area contributed by atoms with Gasteiger partial charge in [0.2, 0.25) is 0 Å². The smallest absolute Gasteiger partial charge is 0.294 e. The molecule has 2 rings (SSSR count). The van der Waals surface area contributed by atoms with Gasteiger partial charge in [0.05, 0.1) is 15.0 Å². The molecule has 0 radical (unpaired) electrons. The van der Waals surface area contributed by atoms with Crippen molar-refractivity contribution in [1.29, 1.82) is 0 Å². The van der Waals surface area contributed by atoms with Crippen LogP contribution in [-0.2, 0) is 0 Å². The van der Waals surface area contributed by atoms with E-state index in [2.05, 4.69) is 0 Å². The maximum atomic E-state index is 10.9. The van der Waals surface area contributed by atoms with Gasteiger partial charge >= 0.3 is 0 Å². The van der Waals surface area contributed by atoms with E-state index in [-0.39, 0.29) is 21.4 Å². The van der Waals surface area contributed by atoms with Crippen molar-refractivity contribution in [2.75, 3.05) is 11.5 Å². The molecule has 0 aromatic heterocycles. The molecule has 0 bridgehead atoms. The van der Waals surface area contributed by atoms with Crippen LogP contribution in [0.5, 0.6) is 0 Å². The third kappa shape index (κ3) is 2.43. The lowest BCUT2D eigenvalue weighted by Gasteiger charge is -2.09. The van der Waals surface area contributed by atoms with E-state index >= 15 is 0 Å². The Bertz CT molecular complexity index is 657. The summed E-state index contributed by atoms with van der Waals surface area (Å²) in [5.74, 6) is 0. The third-order valence-corrected chi connectivity index (χ3v) is 3.52. The van der Waals surface area contributed by atoms with Gasteiger partial charge in [-0.3, -0.25) is 10.1 Å². The molecule has 0 aliphatic heterocycles. The fourth-order valence-electron chi connectivity index (χ4n) is 1.65. The van der Waals surface area contributed by atoms with Crippen LogP contribution in [0.1, 0.15) is 0 Å². The largest absolute Gasteiger partial charge is 0.399 e. The van der Waals surface area contributed by atoms with Crippen molar-refractivity contribution in [3.63, 3.8) is 0 Å². The zero-order valence-electron chi connectivity index (χ0n) is 9.56. The number of nitrogens with zero attached hydrogens (tertiary/aromatic N) is 1. The van der Waals surface area contributed by atoms with Crippen LogP contribution in [0, 0.1) is 10.1 Å². The Morgan fingerprint density at radius 2 is 1.63 bits per heavy atom. The van der Waals surface area contributed by atoms with E-state index in [0.717, 1.165) is 0 Å². The summed E-state index contributed by atoms with van der Waals surface area (Å²) in [5.41, 5.74) is 12.4. The molecule has 19 heavy (non-hydrogen) atoms. The first-order valence-corrected chi connectivity index (χ1v) is 5.95. The second-order valence-electron chi connectivity index (χ2n) is 3.86. The van der Waals surface area contributed by atoms with Crippen LogP contribution in [0.15, 0.2) is 30.3 Å². The number of anilines is 2. The monoisotopic (exact) mass is 297 g/mol. The van der Waals surface area contributed by atoms with Crippen molar-refractivity contribution in [1.82, 2.24) is 0 Å². The average molecular weight is 298 g/mol. The number of nitrogen functional groups attached to an aromatic ring is 2. The predicted octanol–water partition coefficient (Wildman–Crippen LogP) is 3.73. The molecule has 0 atom stereocenters. The Labute approximate surface area is 118 Å². The number of hydrogen-bond acceptors (Lipinski definition) is 4. The summed E-state index contributed by atoms with van der Waals surface area (Å²) < 4.78 is 0. The molecular formula is C12H9Cl2N3O2. The Hall–Kier alpha value is -1.98. The lowest BCUT2D eigenvalue weighted by Crippen LogP contribution is -1.98. The molecule has 0 aliphatic rings. The highest BCUT2D eigenvalue weighted by atomic mass is 35.5. The molecule has 0 aliphatic carbocycles. The minimum Gasteiger partial charge on any atom is -0.399 e. The summed E-state index contributed by atoms with van der Waals surface area (Å²) >= 11 is 12.0. The summed E-state index contributed by atoms with van der Waals surface area (Å²) in [6, 6.07) is 8.04. The van der Waals surface area contributed by atoms with Gasteiger partial charge in [0, 0.05) is 17.3 Å². The average Bonchev–Trinajstić information content (AvgIpc) is 2.37. The molecule has 0 fully saturated rings.